The highest BCUT2D eigenvalue weighted by Crippen LogP contribution is 2.29. The normalized spacial score (nSPS) is 16.4. The predicted molar refractivity (Wildman–Crippen MR) is 67.0 cm³/mol. The zero-order valence-electron chi connectivity index (χ0n) is 10.0. The molecule has 1 fully saturated rings. The van der Waals surface area contributed by atoms with E-state index in [-0.39, 0.29) is 0 Å². The molecule has 3 nitrogen and oxygen atoms in total. The Balaban J connectivity index is 1.92. The third-order valence-corrected chi connectivity index (χ3v) is 3.43. The largest absolute Gasteiger partial charge is 0.300 e. The summed E-state index contributed by atoms with van der Waals surface area (Å²) in [6.07, 6.45) is 5.61. The molecule has 0 spiro atoms. The Morgan fingerprint density at radius 1 is 1.41 bits per heavy atom. The lowest BCUT2D eigenvalue weighted by Gasteiger charge is -2.23. The van der Waals surface area contributed by atoms with Gasteiger partial charge >= 0.3 is 0 Å². The summed E-state index contributed by atoms with van der Waals surface area (Å²) in [5.74, 6) is 0.348. The van der Waals surface area contributed by atoms with Crippen molar-refractivity contribution in [3.05, 3.63) is 30.0 Å². The van der Waals surface area contributed by atoms with Gasteiger partial charge in [0.2, 0.25) is 0 Å². The highest BCUT2D eigenvalue weighted by molar-refractivity contribution is 5.85. The summed E-state index contributed by atoms with van der Waals surface area (Å²) >= 11 is 0. The van der Waals surface area contributed by atoms with Crippen molar-refractivity contribution in [2.45, 2.75) is 38.6 Å². The highest BCUT2D eigenvalue weighted by atomic mass is 16.1. The molecule has 0 aliphatic heterocycles. The van der Waals surface area contributed by atoms with Crippen molar-refractivity contribution < 1.29 is 4.79 Å². The van der Waals surface area contributed by atoms with Crippen molar-refractivity contribution in [3.63, 3.8) is 0 Å². The van der Waals surface area contributed by atoms with Crippen LogP contribution < -0.4 is 0 Å². The van der Waals surface area contributed by atoms with Crippen molar-refractivity contribution in [3.8, 4) is 0 Å². The molecule has 1 heterocycles. The van der Waals surface area contributed by atoms with Crippen molar-refractivity contribution >= 4 is 16.7 Å². The second-order valence-corrected chi connectivity index (χ2v) is 4.85. The molecule has 0 unspecified atom stereocenters. The molecule has 0 bridgehead atoms. The van der Waals surface area contributed by atoms with Crippen LogP contribution >= 0.6 is 0 Å². The van der Waals surface area contributed by atoms with Gasteiger partial charge in [0, 0.05) is 24.4 Å². The molecule has 0 atom stereocenters. The van der Waals surface area contributed by atoms with E-state index >= 15 is 0 Å². The maximum absolute atomic E-state index is 11.0. The molecule has 88 valence electrons. The molecule has 1 saturated carbocycles. The minimum Gasteiger partial charge on any atom is -0.300 e. The Morgan fingerprint density at radius 3 is 2.94 bits per heavy atom. The maximum atomic E-state index is 11.0. The van der Waals surface area contributed by atoms with Crippen LogP contribution in [-0.2, 0) is 11.2 Å². The van der Waals surface area contributed by atoms with E-state index in [1.54, 1.807) is 0 Å². The molecular weight excluding hydrogens is 212 g/mol. The van der Waals surface area contributed by atoms with Crippen LogP contribution in [0.25, 0.3) is 10.9 Å². The number of carbonyl (C=O) groups excluding carboxylic acids is 1. The number of Topliss-reactive ketones (excluding diaryl/α,β-unsaturated/α-hetero) is 1. The number of fused-ring (bicyclic) bond motifs is 1. The molecule has 0 N–H and O–H groups in total. The first-order valence-corrected chi connectivity index (χ1v) is 6.26. The standard InChI is InChI=1S/C14H16N2O/c1-2-3-10-4-5-11-9-16(15-14(11)6-10)12-7-13(17)8-12/h4-6,9,12H,2-3,7-8H2,1H3. The van der Waals surface area contributed by atoms with Gasteiger partial charge in [-0.2, -0.15) is 5.10 Å². The minimum atomic E-state index is 0.296. The van der Waals surface area contributed by atoms with E-state index in [4.69, 9.17) is 0 Å². The summed E-state index contributed by atoms with van der Waals surface area (Å²) in [5, 5.41) is 5.75. The van der Waals surface area contributed by atoms with Crippen LogP contribution in [0.4, 0.5) is 0 Å². The molecule has 2 aromatic rings. The Morgan fingerprint density at radius 2 is 2.24 bits per heavy atom. The zero-order valence-corrected chi connectivity index (χ0v) is 10.0. The Kier molecular flexibility index (Phi) is 2.46. The van der Waals surface area contributed by atoms with Crippen molar-refractivity contribution in [1.82, 2.24) is 9.78 Å². The zero-order chi connectivity index (χ0) is 11.8. The summed E-state index contributed by atoms with van der Waals surface area (Å²) in [4.78, 5) is 11.0. The predicted octanol–water partition coefficient (Wildman–Crippen LogP) is 2.89. The SMILES string of the molecule is CCCc1ccc2cn(C3CC(=O)C3)nc2c1. The molecule has 3 heteroatoms. The number of ketones is 1. The van der Waals surface area contributed by atoms with E-state index < -0.39 is 0 Å². The van der Waals surface area contributed by atoms with Gasteiger partial charge in [-0.05, 0) is 18.1 Å². The molecule has 1 aliphatic rings. The second-order valence-electron chi connectivity index (χ2n) is 4.85. The van der Waals surface area contributed by atoms with Crippen LogP contribution in [0.5, 0.6) is 0 Å². The lowest BCUT2D eigenvalue weighted by atomic mass is 9.92. The fraction of sp³-hybridized carbons (Fsp3) is 0.429. The summed E-state index contributed by atoms with van der Waals surface area (Å²) < 4.78 is 1.96. The topological polar surface area (TPSA) is 34.9 Å². The monoisotopic (exact) mass is 228 g/mol. The van der Waals surface area contributed by atoms with E-state index in [1.807, 2.05) is 4.68 Å². The molecule has 0 saturated heterocycles. The summed E-state index contributed by atoms with van der Waals surface area (Å²) in [7, 11) is 0. The van der Waals surface area contributed by atoms with Gasteiger partial charge in [0.25, 0.3) is 0 Å². The smallest absolute Gasteiger partial charge is 0.137 e. The highest BCUT2D eigenvalue weighted by Gasteiger charge is 2.28. The second kappa shape index (κ2) is 3.99. The number of hydrogen-bond donors (Lipinski definition) is 0. The van der Waals surface area contributed by atoms with Crippen LogP contribution in [0.2, 0.25) is 0 Å². The van der Waals surface area contributed by atoms with Gasteiger partial charge in [0.05, 0.1) is 11.6 Å². The van der Waals surface area contributed by atoms with Crippen LogP contribution in [0.15, 0.2) is 24.4 Å². The van der Waals surface area contributed by atoms with Crippen LogP contribution in [0.1, 0.15) is 37.8 Å². The first-order chi connectivity index (χ1) is 8.26. The number of aryl methyl sites for hydroxylation is 1. The number of rotatable bonds is 3. The van der Waals surface area contributed by atoms with Gasteiger partial charge < -0.3 is 0 Å². The van der Waals surface area contributed by atoms with Gasteiger partial charge in [-0.1, -0.05) is 25.5 Å². The Labute approximate surface area is 100 Å². The van der Waals surface area contributed by atoms with Gasteiger partial charge in [0.1, 0.15) is 5.78 Å². The molecule has 1 aliphatic carbocycles. The first kappa shape index (κ1) is 10.5. The van der Waals surface area contributed by atoms with Crippen LogP contribution in [0, 0.1) is 0 Å². The van der Waals surface area contributed by atoms with Gasteiger partial charge in [-0.3, -0.25) is 9.48 Å². The van der Waals surface area contributed by atoms with E-state index in [1.165, 1.54) is 10.9 Å². The number of benzene rings is 1. The molecule has 17 heavy (non-hydrogen) atoms. The molecular formula is C14H16N2O. The fourth-order valence-electron chi connectivity index (χ4n) is 2.36. The van der Waals surface area contributed by atoms with E-state index in [0.29, 0.717) is 24.7 Å². The number of hydrogen-bond acceptors (Lipinski definition) is 2. The lowest BCUT2D eigenvalue weighted by molar-refractivity contribution is -0.126. The quantitative estimate of drug-likeness (QED) is 0.809. The van der Waals surface area contributed by atoms with Crippen molar-refractivity contribution in [2.24, 2.45) is 0 Å². The Bertz CT molecular complexity index is 563. The van der Waals surface area contributed by atoms with Gasteiger partial charge in [-0.15, -0.1) is 0 Å². The Hall–Kier alpha value is -1.64. The summed E-state index contributed by atoms with van der Waals surface area (Å²) in [6, 6.07) is 6.76. The van der Waals surface area contributed by atoms with E-state index in [2.05, 4.69) is 36.4 Å². The maximum Gasteiger partial charge on any atom is 0.137 e. The van der Waals surface area contributed by atoms with Crippen LogP contribution in [0.3, 0.4) is 0 Å². The van der Waals surface area contributed by atoms with Gasteiger partial charge in [0.15, 0.2) is 0 Å². The van der Waals surface area contributed by atoms with Crippen molar-refractivity contribution in [2.75, 3.05) is 0 Å². The minimum absolute atomic E-state index is 0.296. The lowest BCUT2D eigenvalue weighted by Crippen LogP contribution is -2.26. The number of aromatic nitrogens is 2. The number of carbonyl (C=O) groups is 1. The average Bonchev–Trinajstić information content (AvgIpc) is 2.67. The third-order valence-electron chi connectivity index (χ3n) is 3.43. The van der Waals surface area contributed by atoms with Gasteiger partial charge in [-0.25, -0.2) is 0 Å². The number of nitrogens with zero attached hydrogens (tertiary/aromatic N) is 2. The van der Waals surface area contributed by atoms with E-state index in [0.717, 1.165) is 18.4 Å². The third kappa shape index (κ3) is 1.86. The first-order valence-electron chi connectivity index (χ1n) is 6.26. The molecule has 3 rings (SSSR count). The van der Waals surface area contributed by atoms with Crippen LogP contribution in [-0.4, -0.2) is 15.6 Å². The van der Waals surface area contributed by atoms with Crippen molar-refractivity contribution in [1.29, 1.82) is 0 Å². The fourth-order valence-corrected chi connectivity index (χ4v) is 2.36. The summed E-state index contributed by atoms with van der Waals surface area (Å²) in [6.45, 7) is 2.18. The summed E-state index contributed by atoms with van der Waals surface area (Å²) in [5.41, 5.74) is 2.39. The molecule has 0 radical (unpaired) electrons. The molecule has 1 aromatic heterocycles. The average molecular weight is 228 g/mol. The molecule has 1 aromatic carbocycles. The molecule has 0 amide bonds. The van der Waals surface area contributed by atoms with E-state index in [9.17, 15) is 4.79 Å².